The van der Waals surface area contributed by atoms with E-state index in [1.807, 2.05) is 0 Å². The summed E-state index contributed by atoms with van der Waals surface area (Å²) in [6.45, 7) is 0. The number of phosphoric acid groups is 1. The van der Waals surface area contributed by atoms with E-state index in [2.05, 4.69) is 0 Å². The molecule has 0 aromatic rings. The van der Waals surface area contributed by atoms with Gasteiger partial charge >= 0.3 is 171 Å². The van der Waals surface area contributed by atoms with Gasteiger partial charge in [0.05, 0.1) is 0 Å². The van der Waals surface area contributed by atoms with Gasteiger partial charge < -0.3 is 14.7 Å². The molecule has 0 atom stereocenters. The van der Waals surface area contributed by atoms with Gasteiger partial charge in [-0.1, -0.05) is 0 Å². The Morgan fingerprint density at radius 1 is 0.833 bits per heavy atom. The van der Waals surface area contributed by atoms with Crippen molar-refractivity contribution in [3.8, 4) is 0 Å². The molecule has 0 saturated heterocycles. The molecule has 0 aliphatic carbocycles. The molecule has 3 N–H and O–H groups in total. The molecule has 12 heavy (non-hydrogen) atoms. The second-order valence-electron chi connectivity index (χ2n) is 0.513. The van der Waals surface area contributed by atoms with Crippen LogP contribution in [0.4, 0.5) is 0 Å². The van der Waals surface area contributed by atoms with Gasteiger partial charge in [0.2, 0.25) is 0 Å². The summed E-state index contributed by atoms with van der Waals surface area (Å²) in [4.78, 5) is 21.6. The first-order chi connectivity index (χ1) is 2.00. The number of hydrogen-bond acceptors (Lipinski definition) is 1. The Labute approximate surface area is 221 Å². The second kappa shape index (κ2) is 30.4. The van der Waals surface area contributed by atoms with Crippen LogP contribution in [0.2, 0.25) is 0 Å². The summed E-state index contributed by atoms with van der Waals surface area (Å²) < 4.78 is 8.88. The molecule has 12 heteroatoms. The summed E-state index contributed by atoms with van der Waals surface area (Å²) in [7, 11) is -4.64. The molecule has 0 aliphatic rings. The monoisotopic (exact) mass is 354 g/mol. The number of hydrogen-bond donors (Lipinski definition) is 3. The molecule has 0 bridgehead atoms. The van der Waals surface area contributed by atoms with Crippen LogP contribution in [0.5, 0.6) is 0 Å². The van der Waals surface area contributed by atoms with Gasteiger partial charge in [-0.05, 0) is 0 Å². The fourth-order valence-corrected chi connectivity index (χ4v) is 0. The van der Waals surface area contributed by atoms with Crippen LogP contribution in [0.15, 0.2) is 0 Å². The Hall–Kier alpha value is 6.28. The van der Waals surface area contributed by atoms with Gasteiger partial charge in [-0.15, -0.1) is 37.2 Å². The topological polar surface area (TPSA) is 77.8 Å². The largest absolute Gasteiger partial charge is 0.316 e. The van der Waals surface area contributed by atoms with Crippen molar-refractivity contribution < 1.29 is 19.2 Å². The molecule has 0 spiro atoms. The molecule has 0 aliphatic heterocycles. The van der Waals surface area contributed by atoms with Crippen molar-refractivity contribution in [1.82, 2.24) is 0 Å². The van der Waals surface area contributed by atoms with Crippen LogP contribution in [0.25, 0.3) is 0 Å². The van der Waals surface area contributed by atoms with E-state index in [-0.39, 0.29) is 201 Å². The zero-order chi connectivity index (χ0) is 4.50. The third-order valence-electron chi connectivity index (χ3n) is 0. The van der Waals surface area contributed by atoms with Crippen molar-refractivity contribution in [1.29, 1.82) is 0 Å². The molecule has 0 amide bonds. The van der Waals surface area contributed by atoms with Crippen LogP contribution in [0.1, 0.15) is 0 Å². The molecule has 0 rings (SSSR count). The summed E-state index contributed by atoms with van der Waals surface area (Å²) in [5.41, 5.74) is 0. The van der Waals surface area contributed by atoms with Crippen molar-refractivity contribution in [3.63, 3.8) is 0 Å². The van der Waals surface area contributed by atoms with Crippen LogP contribution in [-0.2, 0) is 4.57 Å². The first kappa shape index (κ1) is 51.7. The van der Waals surface area contributed by atoms with Crippen LogP contribution >= 0.6 is 45.0 Å². The maximum atomic E-state index is 8.88. The molecule has 0 fully saturated rings. The standard InChI is InChI=1S/Ca.3ClH.2K.Mg.H3O4P.6H/c;;;;;;;1-5(2,3)4;;;;;;/h;3*1H;;;;(H3,1,2,3,4);;;;;;. The third kappa shape index (κ3) is 96.4. The minimum Gasteiger partial charge on any atom is 0.316 e. The van der Waals surface area contributed by atoms with Crippen LogP contribution in [0, 0.1) is 0 Å². The molecule has 68 valence electrons. The Kier molecular flexibility index (Phi) is 131. The molecule has 0 radical (unpaired) electrons. The van der Waals surface area contributed by atoms with Gasteiger partial charge in [-0.2, -0.15) is 0 Å². The van der Waals surface area contributed by atoms with Gasteiger partial charge in [0.15, 0.2) is 0 Å². The zero-order valence-electron chi connectivity index (χ0n) is 3.42. The van der Waals surface area contributed by atoms with Crippen LogP contribution < -0.4 is 0 Å². The predicted octanol–water partition coefficient (Wildman–Crippen LogP) is -2.79. The Balaban J connectivity index is -0.00000000381. The fourth-order valence-electron chi connectivity index (χ4n) is 0. The van der Waals surface area contributed by atoms with Gasteiger partial charge in [0.25, 0.3) is 0 Å². The minimum absolute atomic E-state index is 0. The van der Waals surface area contributed by atoms with E-state index in [1.165, 1.54) is 0 Å². The van der Waals surface area contributed by atoms with Gasteiger partial charge in [0.1, 0.15) is 0 Å². The van der Waals surface area contributed by atoms with E-state index >= 15 is 0 Å². The molecule has 0 heterocycles. The Bertz CT molecular complexity index is 74.4. The summed E-state index contributed by atoms with van der Waals surface area (Å²) in [6, 6.07) is 0. The third-order valence-corrected chi connectivity index (χ3v) is 0. The van der Waals surface area contributed by atoms with Gasteiger partial charge in [0, 0.05) is 0 Å². The normalized spacial score (nSPS) is 4.92. The molecule has 0 aromatic carbocycles. The van der Waals surface area contributed by atoms with Crippen LogP contribution in [0.3, 0.4) is 0 Å². The predicted molar refractivity (Wildman–Crippen MR) is 67.4 cm³/mol. The maximum absolute atomic E-state index is 8.88. The quantitative estimate of drug-likeness (QED) is 0.324. The van der Waals surface area contributed by atoms with Crippen molar-refractivity contribution in [2.45, 2.75) is 0 Å². The average molecular weight is 356 g/mol. The smallest absolute Gasteiger partial charge is 0.316 e. The fraction of sp³-hybridized carbons (Fsp3) is 0. The minimum atomic E-state index is -4.64. The number of rotatable bonds is 0. The molecular weight excluding hydrogens is 344 g/mol. The van der Waals surface area contributed by atoms with Crippen molar-refractivity contribution in [2.75, 3.05) is 0 Å². The Morgan fingerprint density at radius 2 is 0.833 bits per heavy atom. The zero-order valence-corrected chi connectivity index (χ0v) is 6.77. The SMILES string of the molecule is Cl.Cl.Cl.O=P(O)(O)O.[CaH2].[KH].[KH].[MgH2]. The summed E-state index contributed by atoms with van der Waals surface area (Å²) in [5.74, 6) is 0. The molecular formula is H12CaCl3K2MgO4P. The van der Waals surface area contributed by atoms with Crippen molar-refractivity contribution >= 4 is 209 Å². The molecule has 4 nitrogen and oxygen atoms in total. The summed E-state index contributed by atoms with van der Waals surface area (Å²) >= 11 is 0. The van der Waals surface area contributed by atoms with Crippen LogP contribution in [-0.4, -0.2) is 178 Å². The molecule has 0 aromatic heterocycles. The van der Waals surface area contributed by atoms with E-state index in [0.29, 0.717) is 0 Å². The van der Waals surface area contributed by atoms with E-state index < -0.39 is 7.82 Å². The first-order valence-corrected chi connectivity index (χ1v) is 2.35. The van der Waals surface area contributed by atoms with E-state index in [1.54, 1.807) is 0 Å². The van der Waals surface area contributed by atoms with E-state index in [9.17, 15) is 0 Å². The van der Waals surface area contributed by atoms with Gasteiger partial charge in [-0.25, -0.2) is 4.57 Å². The number of halogens is 3. The average Bonchev–Trinajstić information content (AvgIpc) is 0.722. The molecule has 0 saturated carbocycles. The summed E-state index contributed by atoms with van der Waals surface area (Å²) in [5, 5.41) is 0. The van der Waals surface area contributed by atoms with E-state index in [0.717, 1.165) is 0 Å². The maximum Gasteiger partial charge on any atom is 0.316 e. The van der Waals surface area contributed by atoms with Crippen molar-refractivity contribution in [2.24, 2.45) is 0 Å². The summed E-state index contributed by atoms with van der Waals surface area (Å²) in [6.07, 6.45) is 0. The Morgan fingerprint density at radius 3 is 0.833 bits per heavy atom. The van der Waals surface area contributed by atoms with Crippen molar-refractivity contribution in [3.05, 3.63) is 0 Å². The first-order valence-electron chi connectivity index (χ1n) is 0.783. The van der Waals surface area contributed by atoms with E-state index in [4.69, 9.17) is 19.2 Å². The molecule has 0 unspecified atom stereocenters. The van der Waals surface area contributed by atoms with Gasteiger partial charge in [-0.3, -0.25) is 0 Å². The second-order valence-corrected chi connectivity index (χ2v) is 1.54.